The first-order chi connectivity index (χ1) is 7.15. The molecule has 0 aliphatic carbocycles. The maximum atomic E-state index is 3.02. The van der Waals surface area contributed by atoms with Crippen LogP contribution in [0.2, 0.25) is 0 Å². The predicted octanol–water partition coefficient (Wildman–Crippen LogP) is 3.52. The number of aryl methyl sites for hydroxylation is 1. The van der Waals surface area contributed by atoms with Gasteiger partial charge >= 0.3 is 0 Å². The lowest BCUT2D eigenvalue weighted by Gasteiger charge is -2.06. The second kappa shape index (κ2) is 5.40. The second-order valence-corrected chi connectivity index (χ2v) is 3.90. The molecule has 0 unspecified atom stereocenters. The van der Waals surface area contributed by atoms with Crippen LogP contribution < -0.4 is 5.32 Å². The molecule has 0 aromatic heterocycles. The molecule has 1 nitrogen and oxygen atoms in total. The van der Waals surface area contributed by atoms with Crippen LogP contribution in [0, 0.1) is 6.92 Å². The third kappa shape index (κ3) is 3.28. The molecule has 1 N–H and O–H groups in total. The summed E-state index contributed by atoms with van der Waals surface area (Å²) in [7, 11) is 1.91. The van der Waals surface area contributed by atoms with Crippen LogP contribution in [-0.4, -0.2) is 7.05 Å². The van der Waals surface area contributed by atoms with Crippen molar-refractivity contribution in [2.75, 3.05) is 7.05 Å². The highest BCUT2D eigenvalue weighted by Crippen LogP contribution is 2.20. The number of allylic oxidation sites excluding steroid dienone is 3. The Morgan fingerprint density at radius 2 is 1.73 bits per heavy atom. The molecule has 0 aliphatic heterocycles. The highest BCUT2D eigenvalue weighted by atomic mass is 14.8. The van der Waals surface area contributed by atoms with Crippen LogP contribution in [0.5, 0.6) is 0 Å². The monoisotopic (exact) mass is 201 g/mol. The summed E-state index contributed by atoms with van der Waals surface area (Å²) in [4.78, 5) is 0. The number of nitrogens with one attached hydrogen (secondary N) is 1. The molecule has 1 rings (SSSR count). The van der Waals surface area contributed by atoms with E-state index in [-0.39, 0.29) is 0 Å². The molecule has 0 fully saturated rings. The van der Waals surface area contributed by atoms with Gasteiger partial charge in [0.05, 0.1) is 0 Å². The summed E-state index contributed by atoms with van der Waals surface area (Å²) in [5, 5.41) is 3.02. The minimum atomic E-state index is 1.27. The number of hydrogen-bond donors (Lipinski definition) is 1. The molecule has 15 heavy (non-hydrogen) atoms. The maximum absolute atomic E-state index is 3.02. The van der Waals surface area contributed by atoms with Crippen LogP contribution in [0.25, 0.3) is 5.57 Å². The summed E-state index contributed by atoms with van der Waals surface area (Å²) in [5.74, 6) is 0. The molecule has 1 heteroatoms. The Morgan fingerprint density at radius 1 is 1.13 bits per heavy atom. The molecule has 0 bridgehead atoms. The van der Waals surface area contributed by atoms with Gasteiger partial charge in [-0.2, -0.15) is 0 Å². The fourth-order valence-corrected chi connectivity index (χ4v) is 1.45. The highest BCUT2D eigenvalue weighted by molar-refractivity contribution is 5.76. The molecule has 0 aliphatic rings. The number of rotatable bonds is 3. The minimum Gasteiger partial charge on any atom is -0.394 e. The van der Waals surface area contributed by atoms with E-state index in [2.05, 4.69) is 56.4 Å². The quantitative estimate of drug-likeness (QED) is 0.738. The Hall–Kier alpha value is -1.50. The number of hydrogen-bond acceptors (Lipinski definition) is 1. The van der Waals surface area contributed by atoms with Crippen LogP contribution in [0.4, 0.5) is 0 Å². The fraction of sp³-hybridized carbons (Fsp3) is 0.286. The van der Waals surface area contributed by atoms with Gasteiger partial charge in [-0.15, -0.1) is 0 Å². The third-order valence-electron chi connectivity index (χ3n) is 2.32. The van der Waals surface area contributed by atoms with Gasteiger partial charge in [0.2, 0.25) is 0 Å². The Morgan fingerprint density at radius 3 is 2.20 bits per heavy atom. The molecule has 0 amide bonds. The van der Waals surface area contributed by atoms with Crippen molar-refractivity contribution in [2.45, 2.75) is 20.8 Å². The van der Waals surface area contributed by atoms with Gasteiger partial charge in [0.1, 0.15) is 0 Å². The Balaban J connectivity index is 3.06. The average Bonchev–Trinajstić information content (AvgIpc) is 2.21. The van der Waals surface area contributed by atoms with Crippen LogP contribution >= 0.6 is 0 Å². The van der Waals surface area contributed by atoms with Crippen molar-refractivity contribution in [3.63, 3.8) is 0 Å². The summed E-state index contributed by atoms with van der Waals surface area (Å²) < 4.78 is 0. The van der Waals surface area contributed by atoms with Crippen molar-refractivity contribution in [2.24, 2.45) is 0 Å². The van der Waals surface area contributed by atoms with Crippen molar-refractivity contribution < 1.29 is 0 Å². The normalized spacial score (nSPS) is 10.4. The highest BCUT2D eigenvalue weighted by Gasteiger charge is 1.99. The van der Waals surface area contributed by atoms with Crippen molar-refractivity contribution in [1.29, 1.82) is 0 Å². The first kappa shape index (κ1) is 11.6. The molecule has 0 spiro atoms. The van der Waals surface area contributed by atoms with Gasteiger partial charge in [-0.3, -0.25) is 0 Å². The van der Waals surface area contributed by atoms with E-state index < -0.39 is 0 Å². The smallest absolute Gasteiger partial charge is 0.00277 e. The van der Waals surface area contributed by atoms with E-state index in [0.717, 1.165) is 0 Å². The minimum absolute atomic E-state index is 1.27. The lowest BCUT2D eigenvalue weighted by Crippen LogP contribution is -1.93. The third-order valence-corrected chi connectivity index (χ3v) is 2.32. The molecule has 0 saturated carbocycles. The SMILES string of the molecule is CN/C=C\C(=C(C)C)c1ccc(C)cc1. The predicted molar refractivity (Wildman–Crippen MR) is 67.6 cm³/mol. The van der Waals surface area contributed by atoms with Crippen molar-refractivity contribution in [1.82, 2.24) is 5.32 Å². The first-order valence-corrected chi connectivity index (χ1v) is 5.23. The first-order valence-electron chi connectivity index (χ1n) is 5.23. The summed E-state index contributed by atoms with van der Waals surface area (Å²) in [5.41, 5.74) is 5.17. The molecule has 0 saturated heterocycles. The molecule has 1 aromatic rings. The second-order valence-electron chi connectivity index (χ2n) is 3.90. The molecule has 0 radical (unpaired) electrons. The van der Waals surface area contributed by atoms with E-state index in [0.29, 0.717) is 0 Å². The molecule has 0 atom stereocenters. The van der Waals surface area contributed by atoms with E-state index in [4.69, 9.17) is 0 Å². The van der Waals surface area contributed by atoms with Gasteiger partial charge in [-0.25, -0.2) is 0 Å². The Kier molecular flexibility index (Phi) is 4.17. The zero-order valence-electron chi connectivity index (χ0n) is 9.96. The topological polar surface area (TPSA) is 12.0 Å². The lowest BCUT2D eigenvalue weighted by atomic mass is 10.0. The van der Waals surface area contributed by atoms with E-state index in [9.17, 15) is 0 Å². The number of benzene rings is 1. The van der Waals surface area contributed by atoms with E-state index in [1.165, 1.54) is 22.3 Å². The molecule has 80 valence electrons. The lowest BCUT2D eigenvalue weighted by molar-refractivity contribution is 1.10. The van der Waals surface area contributed by atoms with Gasteiger partial charge < -0.3 is 5.32 Å². The summed E-state index contributed by atoms with van der Waals surface area (Å²) in [6, 6.07) is 8.62. The van der Waals surface area contributed by atoms with E-state index in [1.54, 1.807) is 0 Å². The van der Waals surface area contributed by atoms with E-state index >= 15 is 0 Å². The van der Waals surface area contributed by atoms with Crippen molar-refractivity contribution in [3.8, 4) is 0 Å². The zero-order valence-corrected chi connectivity index (χ0v) is 9.96. The van der Waals surface area contributed by atoms with Crippen LogP contribution in [-0.2, 0) is 0 Å². The van der Waals surface area contributed by atoms with Crippen molar-refractivity contribution in [3.05, 3.63) is 53.2 Å². The largest absolute Gasteiger partial charge is 0.394 e. The molecular formula is C14H19N. The van der Waals surface area contributed by atoms with Gasteiger partial charge in [0, 0.05) is 7.05 Å². The summed E-state index contributed by atoms with van der Waals surface area (Å²) in [6.07, 6.45) is 4.07. The van der Waals surface area contributed by atoms with Gasteiger partial charge in [-0.05, 0) is 44.2 Å². The van der Waals surface area contributed by atoms with Gasteiger partial charge in [0.15, 0.2) is 0 Å². The van der Waals surface area contributed by atoms with Crippen LogP contribution in [0.1, 0.15) is 25.0 Å². The van der Waals surface area contributed by atoms with Gasteiger partial charge in [-0.1, -0.05) is 35.4 Å². The summed E-state index contributed by atoms with van der Waals surface area (Å²) >= 11 is 0. The van der Waals surface area contributed by atoms with Crippen LogP contribution in [0.15, 0.2) is 42.1 Å². The summed E-state index contributed by atoms with van der Waals surface area (Å²) in [6.45, 7) is 6.37. The van der Waals surface area contributed by atoms with Crippen molar-refractivity contribution >= 4 is 5.57 Å². The zero-order chi connectivity index (χ0) is 11.3. The molecule has 0 heterocycles. The Labute approximate surface area is 92.5 Å². The van der Waals surface area contributed by atoms with Gasteiger partial charge in [0.25, 0.3) is 0 Å². The average molecular weight is 201 g/mol. The maximum Gasteiger partial charge on any atom is 0.00277 e. The standard InChI is InChI=1S/C14H19N/c1-11(2)14(9-10-15-4)13-7-5-12(3)6-8-13/h5-10,15H,1-4H3/b10-9-. The van der Waals surface area contributed by atoms with E-state index in [1.807, 2.05) is 13.2 Å². The molecular weight excluding hydrogens is 182 g/mol. The van der Waals surface area contributed by atoms with Crippen LogP contribution in [0.3, 0.4) is 0 Å². The Bertz CT molecular complexity index is 365. The molecule has 1 aromatic carbocycles. The fourth-order valence-electron chi connectivity index (χ4n) is 1.45.